The van der Waals surface area contributed by atoms with E-state index in [1.54, 1.807) is 16.9 Å². The number of nitrogens with zero attached hydrogens (tertiary/aromatic N) is 2. The predicted molar refractivity (Wildman–Crippen MR) is 59.6 cm³/mol. The molecule has 16 heavy (non-hydrogen) atoms. The summed E-state index contributed by atoms with van der Waals surface area (Å²) in [4.78, 5) is 0. The lowest BCUT2D eigenvalue weighted by Gasteiger charge is -2.01. The highest BCUT2D eigenvalue weighted by molar-refractivity contribution is 5.68. The van der Waals surface area contributed by atoms with E-state index in [1.807, 2.05) is 6.20 Å². The number of aromatic nitrogens is 2. The minimum absolute atomic E-state index is 0.0592. The molecule has 0 aliphatic heterocycles. The maximum Gasteiger partial charge on any atom is 0.126 e. The van der Waals surface area contributed by atoms with Gasteiger partial charge in [-0.05, 0) is 18.6 Å². The van der Waals surface area contributed by atoms with Crippen LogP contribution in [0.3, 0.4) is 0 Å². The summed E-state index contributed by atoms with van der Waals surface area (Å²) in [6.45, 7) is 2.90. The summed E-state index contributed by atoms with van der Waals surface area (Å²) in [5.41, 5.74) is 1.40. The van der Waals surface area contributed by atoms with Crippen LogP contribution in [0.5, 0.6) is 5.75 Å². The molecule has 3 nitrogen and oxygen atoms in total. The number of halogens is 1. The Kier molecular flexibility index (Phi) is 2.90. The van der Waals surface area contributed by atoms with Gasteiger partial charge in [0.25, 0.3) is 0 Å². The van der Waals surface area contributed by atoms with E-state index < -0.39 is 5.82 Å². The topological polar surface area (TPSA) is 38.0 Å². The number of benzene rings is 1. The molecule has 0 amide bonds. The van der Waals surface area contributed by atoms with E-state index in [0.29, 0.717) is 5.56 Å². The number of aromatic hydroxyl groups is 1. The van der Waals surface area contributed by atoms with Crippen molar-refractivity contribution in [2.24, 2.45) is 0 Å². The summed E-state index contributed by atoms with van der Waals surface area (Å²) < 4.78 is 14.6. The van der Waals surface area contributed by atoms with Crippen LogP contribution in [-0.4, -0.2) is 14.9 Å². The van der Waals surface area contributed by atoms with E-state index in [9.17, 15) is 9.50 Å². The molecule has 0 spiro atoms. The molecule has 0 saturated carbocycles. The van der Waals surface area contributed by atoms with Gasteiger partial charge < -0.3 is 5.11 Å². The third kappa shape index (κ3) is 2.05. The molecular formula is C12H13FN2O. The van der Waals surface area contributed by atoms with Crippen molar-refractivity contribution >= 4 is 0 Å². The van der Waals surface area contributed by atoms with Gasteiger partial charge >= 0.3 is 0 Å². The number of rotatable bonds is 3. The van der Waals surface area contributed by atoms with Gasteiger partial charge in [-0.1, -0.05) is 6.92 Å². The summed E-state index contributed by atoms with van der Waals surface area (Å²) in [6.07, 6.45) is 4.51. The predicted octanol–water partition coefficient (Wildman–Crippen LogP) is 2.80. The van der Waals surface area contributed by atoms with E-state index in [2.05, 4.69) is 12.0 Å². The summed E-state index contributed by atoms with van der Waals surface area (Å²) in [6, 6.07) is 3.98. The van der Waals surface area contributed by atoms with Crippen LogP contribution >= 0.6 is 0 Å². The van der Waals surface area contributed by atoms with Crippen LogP contribution in [0, 0.1) is 5.82 Å². The van der Waals surface area contributed by atoms with E-state index >= 15 is 0 Å². The molecule has 0 radical (unpaired) electrons. The Bertz CT molecular complexity index is 494. The zero-order valence-electron chi connectivity index (χ0n) is 9.02. The summed E-state index contributed by atoms with van der Waals surface area (Å²) in [7, 11) is 0. The average molecular weight is 220 g/mol. The van der Waals surface area contributed by atoms with E-state index in [0.717, 1.165) is 24.6 Å². The number of hydrogen-bond acceptors (Lipinski definition) is 2. The van der Waals surface area contributed by atoms with Crippen molar-refractivity contribution in [3.05, 3.63) is 36.4 Å². The minimum Gasteiger partial charge on any atom is -0.507 e. The van der Waals surface area contributed by atoms with E-state index in [4.69, 9.17) is 0 Å². The molecule has 0 saturated heterocycles. The van der Waals surface area contributed by atoms with E-state index in [-0.39, 0.29) is 5.75 Å². The van der Waals surface area contributed by atoms with Gasteiger partial charge in [0.1, 0.15) is 11.6 Å². The van der Waals surface area contributed by atoms with Crippen molar-refractivity contribution in [1.82, 2.24) is 9.78 Å². The van der Waals surface area contributed by atoms with Crippen molar-refractivity contribution in [1.29, 1.82) is 0 Å². The molecule has 1 aromatic heterocycles. The monoisotopic (exact) mass is 220 g/mol. The Hall–Kier alpha value is -1.84. The number of phenolic OH excluding ortho intramolecular Hbond substituents is 1. The molecule has 0 unspecified atom stereocenters. The lowest BCUT2D eigenvalue weighted by atomic mass is 10.1. The molecule has 1 aromatic carbocycles. The second kappa shape index (κ2) is 4.35. The third-order valence-electron chi connectivity index (χ3n) is 2.36. The third-order valence-corrected chi connectivity index (χ3v) is 2.36. The van der Waals surface area contributed by atoms with E-state index in [1.165, 1.54) is 6.07 Å². The number of hydrogen-bond donors (Lipinski definition) is 1. The van der Waals surface area contributed by atoms with Gasteiger partial charge in [-0.3, -0.25) is 4.68 Å². The first-order valence-electron chi connectivity index (χ1n) is 5.22. The van der Waals surface area contributed by atoms with Crippen molar-refractivity contribution < 1.29 is 9.50 Å². The van der Waals surface area contributed by atoms with Crippen LogP contribution < -0.4 is 0 Å². The molecule has 0 fully saturated rings. The summed E-state index contributed by atoms with van der Waals surface area (Å²) in [5.74, 6) is -0.502. The molecular weight excluding hydrogens is 207 g/mol. The smallest absolute Gasteiger partial charge is 0.126 e. The molecule has 1 N–H and O–H groups in total. The van der Waals surface area contributed by atoms with Crippen LogP contribution in [-0.2, 0) is 6.54 Å². The van der Waals surface area contributed by atoms with Gasteiger partial charge in [-0.25, -0.2) is 4.39 Å². The first-order chi connectivity index (χ1) is 7.70. The van der Waals surface area contributed by atoms with Gasteiger partial charge in [-0.2, -0.15) is 5.10 Å². The maximum absolute atomic E-state index is 12.8. The van der Waals surface area contributed by atoms with Crippen LogP contribution in [0.15, 0.2) is 30.6 Å². The standard InChI is InChI=1S/C12H13FN2O/c1-2-5-15-8-9(7-14-15)11-4-3-10(13)6-12(11)16/h3-4,6-8,16H,2,5H2,1H3. The Balaban J connectivity index is 2.35. The van der Waals surface area contributed by atoms with Gasteiger partial charge in [0.05, 0.1) is 6.20 Å². The average Bonchev–Trinajstić information content (AvgIpc) is 2.67. The van der Waals surface area contributed by atoms with Gasteiger partial charge in [-0.15, -0.1) is 0 Å². The highest BCUT2D eigenvalue weighted by Gasteiger charge is 2.07. The van der Waals surface area contributed by atoms with Gasteiger partial charge in [0.2, 0.25) is 0 Å². The van der Waals surface area contributed by atoms with Crippen molar-refractivity contribution in [3.8, 4) is 16.9 Å². The van der Waals surface area contributed by atoms with Crippen molar-refractivity contribution in [2.45, 2.75) is 19.9 Å². The summed E-state index contributed by atoms with van der Waals surface area (Å²) >= 11 is 0. The van der Waals surface area contributed by atoms with Crippen LogP contribution in [0.2, 0.25) is 0 Å². The fourth-order valence-corrected chi connectivity index (χ4v) is 1.60. The number of aryl methyl sites for hydroxylation is 1. The van der Waals surface area contributed by atoms with Crippen molar-refractivity contribution in [3.63, 3.8) is 0 Å². The lowest BCUT2D eigenvalue weighted by molar-refractivity contribution is 0.471. The highest BCUT2D eigenvalue weighted by Crippen LogP contribution is 2.29. The molecule has 0 atom stereocenters. The second-order valence-electron chi connectivity index (χ2n) is 3.65. The van der Waals surface area contributed by atoms with Crippen LogP contribution in [0.4, 0.5) is 4.39 Å². The quantitative estimate of drug-likeness (QED) is 0.863. The molecule has 0 bridgehead atoms. The van der Waals surface area contributed by atoms with Gasteiger partial charge in [0, 0.05) is 29.9 Å². The zero-order valence-corrected chi connectivity index (χ0v) is 9.02. The maximum atomic E-state index is 12.8. The Morgan fingerprint density at radius 1 is 1.44 bits per heavy atom. The fraction of sp³-hybridized carbons (Fsp3) is 0.250. The van der Waals surface area contributed by atoms with Crippen LogP contribution in [0.1, 0.15) is 13.3 Å². The largest absolute Gasteiger partial charge is 0.507 e. The molecule has 84 valence electrons. The summed E-state index contributed by atoms with van der Waals surface area (Å²) in [5, 5.41) is 13.8. The molecule has 0 aliphatic rings. The normalized spacial score (nSPS) is 10.6. The first kappa shape index (κ1) is 10.7. The molecule has 1 heterocycles. The fourth-order valence-electron chi connectivity index (χ4n) is 1.60. The van der Waals surface area contributed by atoms with Crippen molar-refractivity contribution in [2.75, 3.05) is 0 Å². The lowest BCUT2D eigenvalue weighted by Crippen LogP contribution is -1.95. The minimum atomic E-state index is -0.442. The zero-order chi connectivity index (χ0) is 11.5. The SMILES string of the molecule is CCCn1cc(-c2ccc(F)cc2O)cn1. The molecule has 2 rings (SSSR count). The second-order valence-corrected chi connectivity index (χ2v) is 3.65. The molecule has 4 heteroatoms. The number of phenols is 1. The first-order valence-corrected chi connectivity index (χ1v) is 5.22. The Labute approximate surface area is 93.2 Å². The van der Waals surface area contributed by atoms with Crippen LogP contribution in [0.25, 0.3) is 11.1 Å². The Morgan fingerprint density at radius 3 is 2.94 bits per heavy atom. The highest BCUT2D eigenvalue weighted by atomic mass is 19.1. The van der Waals surface area contributed by atoms with Gasteiger partial charge in [0.15, 0.2) is 0 Å². The molecule has 0 aliphatic carbocycles. The molecule has 2 aromatic rings. The Morgan fingerprint density at radius 2 is 2.25 bits per heavy atom.